The first-order valence-corrected chi connectivity index (χ1v) is 8.31. The molecular weight excluding hydrogens is 298 g/mol. The average molecular weight is 323 g/mol. The van der Waals surface area contributed by atoms with E-state index in [0.29, 0.717) is 0 Å². The molecule has 5 heteroatoms. The lowest BCUT2D eigenvalue weighted by molar-refractivity contribution is 0.309. The Labute approximate surface area is 143 Å². The second-order valence-electron chi connectivity index (χ2n) is 6.44. The van der Waals surface area contributed by atoms with Crippen LogP contribution < -0.4 is 0 Å². The minimum Gasteiger partial charge on any atom is -0.334 e. The fraction of sp³-hybridized carbons (Fsp3) is 0.368. The first kappa shape index (κ1) is 16.5. The molecule has 0 atom stereocenters. The summed E-state index contributed by atoms with van der Waals surface area (Å²) >= 11 is 0. The molecule has 0 spiro atoms. The van der Waals surface area contributed by atoms with Gasteiger partial charge in [0.2, 0.25) is 0 Å². The number of hydrogen-bond acceptors (Lipinski definition) is 3. The van der Waals surface area contributed by atoms with E-state index in [2.05, 4.69) is 52.6 Å². The van der Waals surface area contributed by atoms with Gasteiger partial charge in [0.15, 0.2) is 0 Å². The second kappa shape index (κ2) is 7.01. The summed E-state index contributed by atoms with van der Waals surface area (Å²) in [5, 5.41) is 4.42. The number of hydrogen-bond donors (Lipinski definition) is 0. The first-order valence-electron chi connectivity index (χ1n) is 8.31. The highest BCUT2D eigenvalue weighted by Crippen LogP contribution is 2.22. The molecule has 0 saturated carbocycles. The molecule has 2 heterocycles. The van der Waals surface area contributed by atoms with E-state index in [9.17, 15) is 0 Å². The van der Waals surface area contributed by atoms with E-state index in [1.165, 1.54) is 22.4 Å². The molecule has 3 aromatic rings. The fourth-order valence-corrected chi connectivity index (χ4v) is 3.06. The van der Waals surface area contributed by atoms with Crippen LogP contribution in [0.4, 0.5) is 0 Å². The van der Waals surface area contributed by atoms with Crippen molar-refractivity contribution in [2.45, 2.75) is 33.9 Å². The van der Waals surface area contributed by atoms with Gasteiger partial charge in [0.25, 0.3) is 0 Å². The molecule has 0 aliphatic rings. The van der Waals surface area contributed by atoms with E-state index < -0.39 is 0 Å². The predicted octanol–water partition coefficient (Wildman–Crippen LogP) is 3.13. The van der Waals surface area contributed by atoms with Gasteiger partial charge in [-0.25, -0.2) is 9.67 Å². The summed E-state index contributed by atoms with van der Waals surface area (Å²) in [5.74, 6) is 1.06. The maximum absolute atomic E-state index is 4.42. The zero-order chi connectivity index (χ0) is 17.1. The zero-order valence-corrected chi connectivity index (χ0v) is 14.9. The van der Waals surface area contributed by atoms with Crippen LogP contribution in [0.3, 0.4) is 0 Å². The Morgan fingerprint density at radius 1 is 1.08 bits per heavy atom. The minimum absolute atomic E-state index is 0.898. The third kappa shape index (κ3) is 3.57. The van der Waals surface area contributed by atoms with Crippen LogP contribution in [-0.2, 0) is 13.1 Å². The molecule has 5 nitrogen and oxygen atoms in total. The van der Waals surface area contributed by atoms with Gasteiger partial charge in [-0.05, 0) is 56.6 Å². The van der Waals surface area contributed by atoms with E-state index in [1.54, 1.807) is 0 Å². The summed E-state index contributed by atoms with van der Waals surface area (Å²) in [7, 11) is 2.17. The Morgan fingerprint density at radius 3 is 2.58 bits per heavy atom. The maximum atomic E-state index is 4.42. The summed E-state index contributed by atoms with van der Waals surface area (Å²) in [5.41, 5.74) is 5.07. The summed E-state index contributed by atoms with van der Waals surface area (Å²) < 4.78 is 4.15. The van der Waals surface area contributed by atoms with Crippen LogP contribution in [0.5, 0.6) is 0 Å². The van der Waals surface area contributed by atoms with Crippen LogP contribution in [0, 0.1) is 20.8 Å². The number of aryl methyl sites for hydroxylation is 3. The number of nitrogens with zero attached hydrogens (tertiary/aromatic N) is 5. The summed E-state index contributed by atoms with van der Waals surface area (Å²) in [6, 6.07) is 6.42. The molecule has 0 amide bonds. The van der Waals surface area contributed by atoms with Crippen LogP contribution >= 0.6 is 0 Å². The molecule has 0 radical (unpaired) electrons. The van der Waals surface area contributed by atoms with Crippen LogP contribution in [0.25, 0.3) is 5.69 Å². The van der Waals surface area contributed by atoms with Crippen molar-refractivity contribution in [2.75, 3.05) is 13.6 Å². The van der Waals surface area contributed by atoms with Crippen molar-refractivity contribution >= 4 is 0 Å². The highest BCUT2D eigenvalue weighted by molar-refractivity contribution is 5.48. The lowest BCUT2D eigenvalue weighted by Crippen LogP contribution is -2.24. The quantitative estimate of drug-likeness (QED) is 0.699. The van der Waals surface area contributed by atoms with Crippen LogP contribution in [0.1, 0.15) is 22.5 Å². The number of imidazole rings is 1. The van der Waals surface area contributed by atoms with Crippen molar-refractivity contribution in [3.63, 3.8) is 0 Å². The van der Waals surface area contributed by atoms with Gasteiger partial charge in [0.05, 0.1) is 5.69 Å². The first-order chi connectivity index (χ1) is 11.5. The van der Waals surface area contributed by atoms with E-state index in [1.807, 2.05) is 42.5 Å². The van der Waals surface area contributed by atoms with Gasteiger partial charge in [0.1, 0.15) is 5.82 Å². The topological polar surface area (TPSA) is 38.9 Å². The van der Waals surface area contributed by atoms with Crippen LogP contribution in [0.15, 0.2) is 43.0 Å². The van der Waals surface area contributed by atoms with E-state index in [-0.39, 0.29) is 0 Å². The molecule has 0 aliphatic carbocycles. The van der Waals surface area contributed by atoms with Crippen LogP contribution in [-0.4, -0.2) is 37.8 Å². The van der Waals surface area contributed by atoms with Crippen molar-refractivity contribution in [1.82, 2.24) is 24.2 Å². The molecule has 0 unspecified atom stereocenters. The van der Waals surface area contributed by atoms with Crippen molar-refractivity contribution in [3.05, 3.63) is 65.5 Å². The van der Waals surface area contributed by atoms with Gasteiger partial charge in [-0.15, -0.1) is 0 Å². The molecule has 126 valence electrons. The third-order valence-corrected chi connectivity index (χ3v) is 4.42. The highest BCUT2D eigenvalue weighted by atomic mass is 15.3. The molecule has 1 aromatic carbocycles. The average Bonchev–Trinajstić information content (AvgIpc) is 3.19. The molecule has 0 bridgehead atoms. The molecular formula is C19H25N5. The monoisotopic (exact) mass is 323 g/mol. The molecule has 0 saturated heterocycles. The molecule has 0 fully saturated rings. The number of rotatable bonds is 6. The van der Waals surface area contributed by atoms with Gasteiger partial charge < -0.3 is 9.47 Å². The van der Waals surface area contributed by atoms with Crippen molar-refractivity contribution in [1.29, 1.82) is 0 Å². The highest BCUT2D eigenvalue weighted by Gasteiger charge is 2.12. The summed E-state index contributed by atoms with van der Waals surface area (Å²) in [6.45, 7) is 9.18. The van der Waals surface area contributed by atoms with Gasteiger partial charge in [-0.1, -0.05) is 6.07 Å². The normalized spacial score (nSPS) is 11.4. The van der Waals surface area contributed by atoms with Gasteiger partial charge >= 0.3 is 0 Å². The fourth-order valence-electron chi connectivity index (χ4n) is 3.06. The molecule has 24 heavy (non-hydrogen) atoms. The predicted molar refractivity (Wildman–Crippen MR) is 96.3 cm³/mol. The van der Waals surface area contributed by atoms with Crippen LogP contribution in [0.2, 0.25) is 0 Å². The number of benzene rings is 1. The third-order valence-electron chi connectivity index (χ3n) is 4.42. The lowest BCUT2D eigenvalue weighted by atomic mass is 10.0. The van der Waals surface area contributed by atoms with Gasteiger partial charge in [0, 0.05) is 44.4 Å². The molecule has 0 N–H and O–H groups in total. The maximum Gasteiger partial charge on any atom is 0.105 e. The lowest BCUT2D eigenvalue weighted by Gasteiger charge is -2.21. The SMILES string of the molecule is Cc1cc(C)c(CN(C)CCn2ccnc2C)c(-n2cccn2)c1. The van der Waals surface area contributed by atoms with Crippen molar-refractivity contribution in [2.24, 2.45) is 0 Å². The second-order valence-corrected chi connectivity index (χ2v) is 6.44. The minimum atomic E-state index is 0.898. The summed E-state index contributed by atoms with van der Waals surface area (Å²) in [6.07, 6.45) is 7.73. The van der Waals surface area contributed by atoms with Gasteiger partial charge in [-0.2, -0.15) is 5.10 Å². The Bertz CT molecular complexity index is 801. The van der Waals surface area contributed by atoms with E-state index >= 15 is 0 Å². The van der Waals surface area contributed by atoms with E-state index in [0.717, 1.165) is 25.5 Å². The molecule has 3 rings (SSSR count). The Morgan fingerprint density at radius 2 is 1.92 bits per heavy atom. The largest absolute Gasteiger partial charge is 0.334 e. The Balaban J connectivity index is 1.78. The summed E-state index contributed by atoms with van der Waals surface area (Å²) in [4.78, 5) is 6.63. The Hall–Kier alpha value is -2.40. The molecule has 2 aromatic heterocycles. The Kier molecular flexibility index (Phi) is 4.81. The molecule has 0 aliphatic heterocycles. The number of aromatic nitrogens is 4. The number of likely N-dealkylation sites (N-methyl/N-ethyl adjacent to an activating group) is 1. The van der Waals surface area contributed by atoms with E-state index in [4.69, 9.17) is 0 Å². The standard InChI is InChI=1S/C19H25N5/c1-15-12-16(2)18(19(13-15)24-8-5-6-21-24)14-22(4)10-11-23-9-7-20-17(23)3/h5-9,12-13H,10-11,14H2,1-4H3. The van der Waals surface area contributed by atoms with Crippen molar-refractivity contribution in [3.8, 4) is 5.69 Å². The smallest absolute Gasteiger partial charge is 0.105 e. The zero-order valence-electron chi connectivity index (χ0n) is 14.9. The van der Waals surface area contributed by atoms with Crippen molar-refractivity contribution < 1.29 is 0 Å². The van der Waals surface area contributed by atoms with Gasteiger partial charge in [-0.3, -0.25) is 0 Å².